The molecule has 0 amide bonds. The molecular weight excluding hydrogens is 362 g/mol. The molecule has 0 aliphatic carbocycles. The Morgan fingerprint density at radius 1 is 0.931 bits per heavy atom. The number of piperidine rings is 1. The zero-order valence-corrected chi connectivity index (χ0v) is 16.0. The lowest BCUT2D eigenvalue weighted by molar-refractivity contribution is -0.129. The third kappa shape index (κ3) is 3.51. The number of esters is 1. The lowest BCUT2D eigenvalue weighted by Gasteiger charge is -2.29. The van der Waals surface area contributed by atoms with E-state index >= 15 is 0 Å². The largest absolute Gasteiger partial charge is 0.402 e. The molecule has 2 aliphatic rings. The van der Waals surface area contributed by atoms with Crippen molar-refractivity contribution in [3.8, 4) is 0 Å². The number of hydrogen-bond donors (Lipinski definition) is 0. The Kier molecular flexibility index (Phi) is 4.56. The highest BCUT2D eigenvalue weighted by atomic mass is 16.6. The van der Waals surface area contributed by atoms with Gasteiger partial charge >= 0.3 is 5.97 Å². The van der Waals surface area contributed by atoms with E-state index in [1.54, 1.807) is 0 Å². The van der Waals surface area contributed by atoms with Crippen molar-refractivity contribution in [2.24, 2.45) is 4.99 Å². The summed E-state index contributed by atoms with van der Waals surface area (Å²) in [6.07, 6.45) is 5.37. The Balaban J connectivity index is 1.60. The van der Waals surface area contributed by atoms with Crippen LogP contribution in [0.5, 0.6) is 0 Å². The quantitative estimate of drug-likeness (QED) is 0.491. The van der Waals surface area contributed by atoms with E-state index < -0.39 is 5.97 Å². The summed E-state index contributed by atoms with van der Waals surface area (Å²) in [5.41, 5.74) is 2.95. The summed E-state index contributed by atoms with van der Waals surface area (Å²) < 4.78 is 5.41. The highest BCUT2D eigenvalue weighted by molar-refractivity contribution is 6.13. The number of fused-ring (bicyclic) bond motifs is 1. The predicted molar refractivity (Wildman–Crippen MR) is 115 cm³/mol. The second-order valence-electron chi connectivity index (χ2n) is 7.34. The normalized spacial score (nSPS) is 18.2. The second kappa shape index (κ2) is 7.51. The molecule has 0 unspecified atom stereocenters. The maximum absolute atomic E-state index is 12.5. The first kappa shape index (κ1) is 17.6. The Morgan fingerprint density at radius 2 is 1.69 bits per heavy atom. The van der Waals surface area contributed by atoms with Crippen molar-refractivity contribution in [3.05, 3.63) is 77.5 Å². The number of carbonyl (C=O) groups is 1. The molecule has 0 radical (unpaired) electrons. The van der Waals surface area contributed by atoms with Crippen molar-refractivity contribution in [2.75, 3.05) is 18.0 Å². The average molecular weight is 383 g/mol. The fraction of sp³-hybridized carbons (Fsp3) is 0.208. The van der Waals surface area contributed by atoms with E-state index in [2.05, 4.69) is 16.0 Å². The molecule has 5 nitrogen and oxygen atoms in total. The van der Waals surface area contributed by atoms with Crippen molar-refractivity contribution >= 4 is 34.7 Å². The third-order valence-electron chi connectivity index (χ3n) is 5.32. The minimum atomic E-state index is -0.429. The van der Waals surface area contributed by atoms with Crippen molar-refractivity contribution in [3.63, 3.8) is 0 Å². The van der Waals surface area contributed by atoms with Crippen molar-refractivity contribution in [1.29, 1.82) is 0 Å². The monoisotopic (exact) mass is 383 g/mol. The van der Waals surface area contributed by atoms with Gasteiger partial charge in [0.2, 0.25) is 5.90 Å². The standard InChI is InChI=1S/C24H21N3O2/c28-24-21(26-23(29-24)17-9-3-1-4-10-17)16-19-15-18-11-5-6-12-20(18)25-22(19)27-13-7-2-8-14-27/h1,3-6,9-12,15-16H,2,7-8,13-14H2/b21-16-. The van der Waals surface area contributed by atoms with E-state index in [1.807, 2.05) is 60.7 Å². The molecule has 144 valence electrons. The van der Waals surface area contributed by atoms with Crippen LogP contribution in [0.25, 0.3) is 17.0 Å². The number of rotatable bonds is 3. The molecule has 0 atom stereocenters. The van der Waals surface area contributed by atoms with Gasteiger partial charge in [-0.3, -0.25) is 0 Å². The van der Waals surface area contributed by atoms with Crippen LogP contribution < -0.4 is 4.90 Å². The molecule has 0 bridgehead atoms. The average Bonchev–Trinajstić information content (AvgIpc) is 3.15. The Bertz CT molecular complexity index is 1130. The first-order chi connectivity index (χ1) is 14.3. The zero-order valence-electron chi connectivity index (χ0n) is 16.0. The molecule has 1 fully saturated rings. The van der Waals surface area contributed by atoms with Gasteiger partial charge in [0.1, 0.15) is 5.82 Å². The second-order valence-corrected chi connectivity index (χ2v) is 7.34. The molecule has 0 N–H and O–H groups in total. The minimum Gasteiger partial charge on any atom is -0.402 e. The SMILES string of the molecule is O=C1OC(c2ccccc2)=N/C1=C\c1cc2ccccc2nc1N1CCCCC1. The third-order valence-corrected chi connectivity index (χ3v) is 5.32. The number of cyclic esters (lactones) is 1. The topological polar surface area (TPSA) is 54.8 Å². The van der Waals surface area contributed by atoms with E-state index in [9.17, 15) is 4.79 Å². The molecule has 0 spiro atoms. The van der Waals surface area contributed by atoms with Crippen molar-refractivity contribution < 1.29 is 9.53 Å². The molecule has 1 saturated heterocycles. The van der Waals surface area contributed by atoms with Crippen LogP contribution in [-0.4, -0.2) is 29.9 Å². The zero-order chi connectivity index (χ0) is 19.6. The summed E-state index contributed by atoms with van der Waals surface area (Å²) >= 11 is 0. The van der Waals surface area contributed by atoms with Crippen LogP contribution in [0.4, 0.5) is 5.82 Å². The maximum Gasteiger partial charge on any atom is 0.363 e. The summed E-state index contributed by atoms with van der Waals surface area (Å²) in [7, 11) is 0. The number of ether oxygens (including phenoxy) is 1. The first-order valence-electron chi connectivity index (χ1n) is 10.0. The molecule has 5 rings (SSSR count). The van der Waals surface area contributed by atoms with E-state index in [4.69, 9.17) is 9.72 Å². The minimum absolute atomic E-state index is 0.305. The number of benzene rings is 2. The van der Waals surface area contributed by atoms with Crippen LogP contribution >= 0.6 is 0 Å². The summed E-state index contributed by atoms with van der Waals surface area (Å²) in [6, 6.07) is 19.6. The number of carbonyl (C=O) groups excluding carboxylic acids is 1. The predicted octanol–water partition coefficient (Wildman–Crippen LogP) is 4.57. The van der Waals surface area contributed by atoms with Gasteiger partial charge in [0.05, 0.1) is 5.52 Å². The molecule has 2 aromatic carbocycles. The van der Waals surface area contributed by atoms with Gasteiger partial charge < -0.3 is 9.64 Å². The molecular formula is C24H21N3O2. The van der Waals surface area contributed by atoms with Gasteiger partial charge in [-0.25, -0.2) is 14.8 Å². The molecule has 0 saturated carbocycles. The number of pyridine rings is 1. The Morgan fingerprint density at radius 3 is 2.52 bits per heavy atom. The van der Waals surface area contributed by atoms with E-state index in [0.29, 0.717) is 11.6 Å². The lowest BCUT2D eigenvalue weighted by Crippen LogP contribution is -2.30. The fourth-order valence-electron chi connectivity index (χ4n) is 3.85. The van der Waals surface area contributed by atoms with Gasteiger partial charge in [0.15, 0.2) is 5.70 Å². The molecule has 3 aromatic rings. The molecule has 29 heavy (non-hydrogen) atoms. The smallest absolute Gasteiger partial charge is 0.363 e. The van der Waals surface area contributed by atoms with Gasteiger partial charge in [-0.2, -0.15) is 0 Å². The van der Waals surface area contributed by atoms with Gasteiger partial charge in [0.25, 0.3) is 0 Å². The number of aliphatic imine (C=N–C) groups is 1. The Labute approximate surface area is 169 Å². The van der Waals surface area contributed by atoms with Crippen LogP contribution in [0.1, 0.15) is 30.4 Å². The van der Waals surface area contributed by atoms with E-state index in [0.717, 1.165) is 53.8 Å². The lowest BCUT2D eigenvalue weighted by atomic mass is 10.1. The van der Waals surface area contributed by atoms with Crippen LogP contribution in [0, 0.1) is 0 Å². The Hall–Kier alpha value is -3.47. The maximum atomic E-state index is 12.5. The molecule has 2 aliphatic heterocycles. The fourth-order valence-corrected chi connectivity index (χ4v) is 3.85. The number of nitrogens with zero attached hydrogens (tertiary/aromatic N) is 3. The highest BCUT2D eigenvalue weighted by Crippen LogP contribution is 2.29. The summed E-state index contributed by atoms with van der Waals surface area (Å²) in [4.78, 5) is 24.2. The van der Waals surface area contributed by atoms with Gasteiger partial charge in [-0.15, -0.1) is 0 Å². The van der Waals surface area contributed by atoms with Gasteiger partial charge in [-0.1, -0.05) is 36.4 Å². The van der Waals surface area contributed by atoms with Crippen LogP contribution in [-0.2, 0) is 9.53 Å². The van der Waals surface area contributed by atoms with E-state index in [1.165, 1.54) is 6.42 Å². The number of aromatic nitrogens is 1. The summed E-state index contributed by atoms with van der Waals surface area (Å²) in [5.74, 6) is 0.823. The molecule has 5 heteroatoms. The highest BCUT2D eigenvalue weighted by Gasteiger charge is 2.25. The molecule has 3 heterocycles. The van der Waals surface area contributed by atoms with Gasteiger partial charge in [-0.05, 0) is 49.6 Å². The summed E-state index contributed by atoms with van der Waals surface area (Å²) in [5, 5.41) is 1.04. The number of para-hydroxylation sites is 1. The number of hydrogen-bond acceptors (Lipinski definition) is 5. The van der Waals surface area contributed by atoms with Crippen molar-refractivity contribution in [2.45, 2.75) is 19.3 Å². The van der Waals surface area contributed by atoms with E-state index in [-0.39, 0.29) is 0 Å². The summed E-state index contributed by atoms with van der Waals surface area (Å²) in [6.45, 7) is 1.95. The molecule has 1 aromatic heterocycles. The van der Waals surface area contributed by atoms with Crippen molar-refractivity contribution in [1.82, 2.24) is 4.98 Å². The van der Waals surface area contributed by atoms with Crippen LogP contribution in [0.2, 0.25) is 0 Å². The first-order valence-corrected chi connectivity index (χ1v) is 10.0. The number of anilines is 1. The van der Waals surface area contributed by atoms with Gasteiger partial charge in [0, 0.05) is 29.6 Å². The van der Waals surface area contributed by atoms with Crippen LogP contribution in [0.15, 0.2) is 71.4 Å². The van der Waals surface area contributed by atoms with Crippen LogP contribution in [0.3, 0.4) is 0 Å².